The van der Waals surface area contributed by atoms with Crippen molar-refractivity contribution in [2.45, 2.75) is 19.3 Å². The number of aryl methyl sites for hydroxylation is 2. The number of anilines is 2. The lowest BCUT2D eigenvalue weighted by Crippen LogP contribution is -2.26. The Bertz CT molecular complexity index is 2260. The molecule has 0 bridgehead atoms. The Hall–Kier alpha value is -5.66. The van der Waals surface area contributed by atoms with E-state index >= 15 is 0 Å². The number of benzene rings is 7. The Morgan fingerprint density at radius 1 is 0.370 bits per heavy atom. The number of hydrogen-bond donors (Lipinski definition) is 1. The molecule has 0 fully saturated rings. The minimum Gasteiger partial charge on any atom is -0.355 e. The molecular formula is C45H33N. The fourth-order valence-corrected chi connectivity index (χ4v) is 8.07. The molecule has 0 heterocycles. The van der Waals surface area contributed by atoms with E-state index in [1.807, 2.05) is 0 Å². The van der Waals surface area contributed by atoms with E-state index in [1.54, 1.807) is 0 Å². The van der Waals surface area contributed by atoms with Crippen LogP contribution in [0.25, 0.3) is 44.5 Å². The maximum Gasteiger partial charge on any atom is 0.0725 e. The molecule has 0 aliphatic heterocycles. The molecule has 0 saturated heterocycles. The van der Waals surface area contributed by atoms with Crippen LogP contribution in [0.1, 0.15) is 33.4 Å². The van der Waals surface area contributed by atoms with Gasteiger partial charge in [0.25, 0.3) is 0 Å². The third-order valence-corrected chi connectivity index (χ3v) is 9.95. The highest BCUT2D eigenvalue weighted by Gasteiger charge is 2.51. The number of fused-ring (bicyclic) bond motifs is 10. The molecule has 2 aliphatic carbocycles. The highest BCUT2D eigenvalue weighted by atomic mass is 14.9. The molecule has 46 heavy (non-hydrogen) atoms. The third kappa shape index (κ3) is 3.88. The Morgan fingerprint density at radius 3 is 1.70 bits per heavy atom. The number of nitrogens with one attached hydrogen (secondary N) is 1. The molecule has 0 saturated carbocycles. The minimum absolute atomic E-state index is 0.348. The van der Waals surface area contributed by atoms with Gasteiger partial charge in [0.1, 0.15) is 0 Å². The SMILES string of the molecule is Cc1cc(Nc2ccccc2-c2ccccc2)cc(-c2ccc3c(c2)C2(c4ccccc4-c4ccccc42)c2cc(C)ccc2-3)c1. The van der Waals surface area contributed by atoms with Gasteiger partial charge in [-0.15, -0.1) is 0 Å². The molecule has 1 nitrogen and oxygen atoms in total. The normalized spacial score (nSPS) is 13.2. The quantitative estimate of drug-likeness (QED) is 0.216. The minimum atomic E-state index is -0.348. The van der Waals surface area contributed by atoms with E-state index in [2.05, 4.69) is 177 Å². The Balaban J connectivity index is 1.22. The van der Waals surface area contributed by atoms with E-state index in [9.17, 15) is 0 Å². The van der Waals surface area contributed by atoms with Gasteiger partial charge in [-0.05, 0) is 105 Å². The zero-order valence-corrected chi connectivity index (χ0v) is 26.0. The molecule has 0 radical (unpaired) electrons. The van der Waals surface area contributed by atoms with Gasteiger partial charge in [-0.3, -0.25) is 0 Å². The lowest BCUT2D eigenvalue weighted by Gasteiger charge is -2.31. The van der Waals surface area contributed by atoms with Crippen molar-refractivity contribution in [3.8, 4) is 44.5 Å². The highest BCUT2D eigenvalue weighted by molar-refractivity contribution is 5.96. The molecule has 7 aromatic rings. The second kappa shape index (κ2) is 10.2. The van der Waals surface area contributed by atoms with Gasteiger partial charge in [0.05, 0.1) is 5.41 Å². The van der Waals surface area contributed by atoms with Gasteiger partial charge in [-0.25, -0.2) is 0 Å². The monoisotopic (exact) mass is 587 g/mol. The van der Waals surface area contributed by atoms with E-state index in [1.165, 1.54) is 77.9 Å². The molecule has 1 heteroatoms. The lowest BCUT2D eigenvalue weighted by atomic mass is 9.70. The number of hydrogen-bond acceptors (Lipinski definition) is 1. The molecule has 2 aliphatic rings. The van der Waals surface area contributed by atoms with Crippen LogP contribution in [0.15, 0.2) is 158 Å². The highest BCUT2D eigenvalue weighted by Crippen LogP contribution is 2.63. The summed E-state index contributed by atoms with van der Waals surface area (Å²) in [4.78, 5) is 0. The van der Waals surface area contributed by atoms with Crippen molar-refractivity contribution in [2.24, 2.45) is 0 Å². The average Bonchev–Trinajstić information content (AvgIpc) is 3.55. The largest absolute Gasteiger partial charge is 0.355 e. The average molecular weight is 588 g/mol. The summed E-state index contributed by atoms with van der Waals surface area (Å²) in [5.74, 6) is 0. The van der Waals surface area contributed by atoms with Gasteiger partial charge in [0.2, 0.25) is 0 Å². The first-order chi connectivity index (χ1) is 22.6. The first-order valence-corrected chi connectivity index (χ1v) is 16.1. The smallest absolute Gasteiger partial charge is 0.0725 e. The number of para-hydroxylation sites is 1. The van der Waals surface area contributed by atoms with E-state index in [0.717, 1.165) is 11.4 Å². The molecule has 0 unspecified atom stereocenters. The van der Waals surface area contributed by atoms with E-state index < -0.39 is 0 Å². The Labute approximate surface area is 270 Å². The van der Waals surface area contributed by atoms with Crippen molar-refractivity contribution in [3.05, 3.63) is 191 Å². The summed E-state index contributed by atoms with van der Waals surface area (Å²) in [7, 11) is 0. The first kappa shape index (κ1) is 26.7. The van der Waals surface area contributed by atoms with Crippen molar-refractivity contribution in [1.82, 2.24) is 0 Å². The van der Waals surface area contributed by atoms with Crippen molar-refractivity contribution in [3.63, 3.8) is 0 Å². The predicted molar refractivity (Wildman–Crippen MR) is 193 cm³/mol. The van der Waals surface area contributed by atoms with Gasteiger partial charge < -0.3 is 5.32 Å². The van der Waals surface area contributed by atoms with Gasteiger partial charge in [-0.2, -0.15) is 0 Å². The van der Waals surface area contributed by atoms with Crippen LogP contribution < -0.4 is 5.32 Å². The second-order valence-electron chi connectivity index (χ2n) is 12.8. The predicted octanol–water partition coefficient (Wildman–Crippen LogP) is 11.7. The van der Waals surface area contributed by atoms with Crippen molar-refractivity contribution < 1.29 is 0 Å². The molecule has 0 amide bonds. The molecule has 0 aromatic heterocycles. The van der Waals surface area contributed by atoms with Gasteiger partial charge in [-0.1, -0.05) is 139 Å². The molecule has 1 N–H and O–H groups in total. The summed E-state index contributed by atoms with van der Waals surface area (Å²) in [5, 5.41) is 3.77. The Kier molecular flexibility index (Phi) is 5.92. The van der Waals surface area contributed by atoms with Crippen LogP contribution in [0, 0.1) is 13.8 Å². The molecule has 7 aromatic carbocycles. The zero-order chi connectivity index (χ0) is 30.8. The van der Waals surface area contributed by atoms with Crippen LogP contribution in [-0.2, 0) is 5.41 Å². The summed E-state index contributed by atoms with van der Waals surface area (Å²) in [6.45, 7) is 4.40. The van der Waals surface area contributed by atoms with Crippen molar-refractivity contribution in [2.75, 3.05) is 5.32 Å². The second-order valence-corrected chi connectivity index (χ2v) is 12.8. The summed E-state index contributed by atoms with van der Waals surface area (Å²) >= 11 is 0. The van der Waals surface area contributed by atoms with Crippen LogP contribution >= 0.6 is 0 Å². The maximum absolute atomic E-state index is 3.77. The summed E-state index contributed by atoms with van der Waals surface area (Å²) in [6.07, 6.45) is 0. The summed E-state index contributed by atoms with van der Waals surface area (Å²) in [6, 6.07) is 58.2. The Morgan fingerprint density at radius 2 is 0.957 bits per heavy atom. The number of rotatable bonds is 4. The van der Waals surface area contributed by atoms with Crippen LogP contribution in [0.5, 0.6) is 0 Å². The van der Waals surface area contributed by atoms with Crippen molar-refractivity contribution in [1.29, 1.82) is 0 Å². The zero-order valence-electron chi connectivity index (χ0n) is 26.0. The fourth-order valence-electron chi connectivity index (χ4n) is 8.07. The summed E-state index contributed by atoms with van der Waals surface area (Å²) in [5.41, 5.74) is 20.0. The van der Waals surface area contributed by atoms with Gasteiger partial charge in [0.15, 0.2) is 0 Å². The van der Waals surface area contributed by atoms with E-state index in [0.29, 0.717) is 0 Å². The molecule has 0 atom stereocenters. The van der Waals surface area contributed by atoms with Gasteiger partial charge in [0, 0.05) is 16.9 Å². The molecule has 9 rings (SSSR count). The topological polar surface area (TPSA) is 12.0 Å². The molecular weight excluding hydrogens is 555 g/mol. The van der Waals surface area contributed by atoms with Gasteiger partial charge >= 0.3 is 0 Å². The van der Waals surface area contributed by atoms with Crippen LogP contribution in [0.3, 0.4) is 0 Å². The van der Waals surface area contributed by atoms with Crippen LogP contribution in [0.4, 0.5) is 11.4 Å². The lowest BCUT2D eigenvalue weighted by molar-refractivity contribution is 0.793. The van der Waals surface area contributed by atoms with Crippen LogP contribution in [-0.4, -0.2) is 0 Å². The fraction of sp³-hybridized carbons (Fsp3) is 0.0667. The summed E-state index contributed by atoms with van der Waals surface area (Å²) < 4.78 is 0. The van der Waals surface area contributed by atoms with Crippen LogP contribution in [0.2, 0.25) is 0 Å². The standard InChI is InChI=1S/C45H33N/c1-29-20-22-38-39-23-21-32(28-43(39)45(42(38)26-29)40-17-9-6-15-36(40)37-16-7-10-18-41(37)45)33-24-30(2)25-34(27-33)46-44-19-11-8-14-35(44)31-12-4-3-5-13-31/h3-28,46H,1-2H3. The molecule has 218 valence electrons. The first-order valence-electron chi connectivity index (χ1n) is 16.1. The van der Waals surface area contributed by atoms with E-state index in [-0.39, 0.29) is 5.41 Å². The van der Waals surface area contributed by atoms with E-state index in [4.69, 9.17) is 0 Å². The van der Waals surface area contributed by atoms with Crippen molar-refractivity contribution >= 4 is 11.4 Å². The maximum atomic E-state index is 3.77. The molecule has 1 spiro atoms. The third-order valence-electron chi connectivity index (χ3n) is 9.95.